The number of nitrogens with one attached hydrogen (secondary N) is 2. The second-order valence-electron chi connectivity index (χ2n) is 18.3. The summed E-state index contributed by atoms with van der Waals surface area (Å²) in [6.07, 6.45) is 7.31. The van der Waals surface area contributed by atoms with Gasteiger partial charge in [-0.1, -0.05) is 54.2 Å². The summed E-state index contributed by atoms with van der Waals surface area (Å²) < 4.78 is 47.8. The first-order chi connectivity index (χ1) is 31.8. The van der Waals surface area contributed by atoms with Crippen molar-refractivity contribution in [1.29, 1.82) is 0 Å². The lowest BCUT2D eigenvalue weighted by Crippen LogP contribution is -2.56. The Morgan fingerprint density at radius 2 is 1.82 bits per heavy atom. The van der Waals surface area contributed by atoms with Crippen molar-refractivity contribution in [2.24, 2.45) is 5.41 Å². The highest BCUT2D eigenvalue weighted by molar-refractivity contribution is 7.90. The number of fused-ring (bicyclic) bond motifs is 1. The molecule has 348 valence electrons. The van der Waals surface area contributed by atoms with Crippen molar-refractivity contribution < 1.29 is 32.5 Å². The molecule has 1 amide bonds. The van der Waals surface area contributed by atoms with Crippen LogP contribution in [0.3, 0.4) is 0 Å². The average molecular weight is 940 g/mol. The smallest absolute Gasteiger partial charge is 0.268 e. The fourth-order valence-electron chi connectivity index (χ4n) is 9.58. The summed E-state index contributed by atoms with van der Waals surface area (Å²) in [5, 5.41) is 14.4. The first-order valence-electron chi connectivity index (χ1n) is 22.5. The molecule has 2 unspecified atom stereocenters. The maximum atomic E-state index is 14.1. The highest BCUT2D eigenvalue weighted by atomic mass is 35.5. The number of hydrazine groups is 1. The zero-order valence-corrected chi connectivity index (χ0v) is 38.7. The van der Waals surface area contributed by atoms with Crippen LogP contribution in [0, 0.1) is 15.5 Å². The quantitative estimate of drug-likeness (QED) is 0.0833. The molecule has 3 fully saturated rings. The Morgan fingerprint density at radius 1 is 1.02 bits per heavy atom. The Morgan fingerprint density at radius 3 is 2.59 bits per heavy atom. The van der Waals surface area contributed by atoms with E-state index in [0.29, 0.717) is 37.8 Å². The molecular weight excluding hydrogens is 884 g/mol. The lowest BCUT2D eigenvalue weighted by Gasteiger charge is -2.39. The van der Waals surface area contributed by atoms with Gasteiger partial charge >= 0.3 is 0 Å². The van der Waals surface area contributed by atoms with Crippen molar-refractivity contribution in [3.63, 3.8) is 0 Å². The minimum absolute atomic E-state index is 0.0200. The van der Waals surface area contributed by atoms with Crippen LogP contribution >= 0.6 is 11.6 Å². The molecule has 3 aromatic carbocycles. The van der Waals surface area contributed by atoms with Crippen molar-refractivity contribution >= 4 is 55.5 Å². The summed E-state index contributed by atoms with van der Waals surface area (Å²) in [5.41, 5.74) is 5.84. The Hall–Kier alpha value is -5.56. The third-order valence-electron chi connectivity index (χ3n) is 13.2. The molecule has 4 aliphatic rings. The lowest BCUT2D eigenvalue weighted by molar-refractivity contribution is -0.495. The number of hydrogen-bond donors (Lipinski definition) is 2. The molecular formula is C48H55ClN8O8S. The van der Waals surface area contributed by atoms with Crippen LogP contribution in [0.4, 0.5) is 11.4 Å². The van der Waals surface area contributed by atoms with E-state index in [1.54, 1.807) is 30.5 Å². The summed E-state index contributed by atoms with van der Waals surface area (Å²) in [6.45, 7) is 11.2. The van der Waals surface area contributed by atoms with Crippen LogP contribution in [-0.4, -0.2) is 123 Å². The molecule has 3 aliphatic heterocycles. The Labute approximate surface area is 389 Å². The molecule has 2 aromatic heterocycles. The second kappa shape index (κ2) is 19.3. The van der Waals surface area contributed by atoms with Crippen molar-refractivity contribution in [2.75, 3.05) is 82.1 Å². The van der Waals surface area contributed by atoms with E-state index in [9.17, 15) is 23.3 Å². The van der Waals surface area contributed by atoms with Crippen LogP contribution in [0.15, 0.2) is 102 Å². The number of anilines is 2. The number of aromatic amines is 1. The number of allylic oxidation sites excluding steroid dienone is 1. The first-order valence-corrected chi connectivity index (χ1v) is 24.3. The van der Waals surface area contributed by atoms with Gasteiger partial charge < -0.3 is 24.1 Å². The van der Waals surface area contributed by atoms with Gasteiger partial charge in [0.1, 0.15) is 29.4 Å². The molecule has 9 rings (SSSR count). The minimum Gasteiger partial charge on any atom is -0.455 e. The number of rotatable bonds is 14. The van der Waals surface area contributed by atoms with Crippen LogP contribution in [0.2, 0.25) is 5.02 Å². The number of morpholine rings is 1. The number of carbonyl (C=O) groups excluding carboxylic acids is 1. The lowest BCUT2D eigenvalue weighted by atomic mass is 9.72. The van der Waals surface area contributed by atoms with Crippen LogP contribution in [0.25, 0.3) is 16.6 Å². The number of hydrogen-bond acceptors (Lipinski definition) is 12. The number of benzene rings is 3. The van der Waals surface area contributed by atoms with E-state index in [2.05, 4.69) is 55.4 Å². The zero-order valence-electron chi connectivity index (χ0n) is 37.2. The number of halogens is 1. The monoisotopic (exact) mass is 938 g/mol. The van der Waals surface area contributed by atoms with Gasteiger partial charge in [0, 0.05) is 80.3 Å². The molecule has 0 spiro atoms. The number of H-pyrrole nitrogens is 1. The van der Waals surface area contributed by atoms with Crippen molar-refractivity contribution in [3.8, 4) is 11.5 Å². The number of carbonyl (C=O) groups is 1. The van der Waals surface area contributed by atoms with Gasteiger partial charge in [-0.2, -0.15) is 0 Å². The second-order valence-corrected chi connectivity index (χ2v) is 20.4. The molecule has 0 bridgehead atoms. The number of piperazine rings is 1. The van der Waals surface area contributed by atoms with Crippen LogP contribution in [0.5, 0.6) is 11.5 Å². The van der Waals surface area contributed by atoms with Crippen LogP contribution < -0.4 is 19.4 Å². The number of aromatic nitrogens is 2. The molecule has 0 radical (unpaired) electrons. The SMILES string of the molecule is CC1(C)CCC(CN2CCN(c3ccc(C(=O)NS(=O)(=O)c4cccc(N(CC5COCCN5C5CCOC5)[N+](=O)[O-])c4)c(Oc4cnc5[nH]ccc5c4)c3)CC2)=C(c2ccc(Cl)cc2)C1. The van der Waals surface area contributed by atoms with E-state index in [4.69, 9.17) is 25.8 Å². The van der Waals surface area contributed by atoms with Crippen molar-refractivity contribution in [1.82, 2.24) is 24.5 Å². The molecule has 1 aliphatic carbocycles. The first kappa shape index (κ1) is 45.6. The van der Waals surface area contributed by atoms with E-state index in [-0.39, 0.29) is 52.5 Å². The fourth-order valence-corrected chi connectivity index (χ4v) is 10.7. The predicted octanol–water partition coefficient (Wildman–Crippen LogP) is 7.40. The Kier molecular flexibility index (Phi) is 13.4. The molecule has 5 aromatic rings. The predicted molar refractivity (Wildman–Crippen MR) is 253 cm³/mol. The van der Waals surface area contributed by atoms with Gasteiger partial charge in [0.25, 0.3) is 15.9 Å². The summed E-state index contributed by atoms with van der Waals surface area (Å²) >= 11 is 6.25. The molecule has 66 heavy (non-hydrogen) atoms. The number of nitro groups is 1. The van der Waals surface area contributed by atoms with Crippen molar-refractivity contribution in [2.45, 2.75) is 56.5 Å². The number of sulfonamides is 1. The molecule has 18 heteroatoms. The summed E-state index contributed by atoms with van der Waals surface area (Å²) in [7, 11) is -4.53. The molecule has 0 saturated carbocycles. The Balaban J connectivity index is 0.928. The average Bonchev–Trinajstić information content (AvgIpc) is 4.03. The van der Waals surface area contributed by atoms with Gasteiger partial charge in [0.15, 0.2) is 5.03 Å². The van der Waals surface area contributed by atoms with E-state index >= 15 is 0 Å². The molecule has 16 nitrogen and oxygen atoms in total. The third-order valence-corrected chi connectivity index (χ3v) is 14.8. The molecule has 2 atom stereocenters. The topological polar surface area (TPSA) is 176 Å². The fraction of sp³-hybridized carbons (Fsp3) is 0.417. The van der Waals surface area contributed by atoms with Gasteiger partial charge in [-0.3, -0.25) is 14.6 Å². The highest BCUT2D eigenvalue weighted by Gasteiger charge is 2.36. The van der Waals surface area contributed by atoms with Gasteiger partial charge in [-0.25, -0.2) is 28.2 Å². The minimum atomic E-state index is -4.53. The largest absolute Gasteiger partial charge is 0.455 e. The normalized spacial score (nSPS) is 20.7. The maximum Gasteiger partial charge on any atom is 0.268 e. The summed E-state index contributed by atoms with van der Waals surface area (Å²) in [6, 6.07) is 22.1. The van der Waals surface area contributed by atoms with E-state index in [1.165, 1.54) is 47.2 Å². The van der Waals surface area contributed by atoms with E-state index in [1.807, 2.05) is 18.2 Å². The number of amides is 1. The zero-order chi connectivity index (χ0) is 46.0. The molecule has 5 heterocycles. The molecule has 2 N–H and O–H groups in total. The van der Waals surface area contributed by atoms with Gasteiger partial charge in [0.05, 0.1) is 42.5 Å². The van der Waals surface area contributed by atoms with Gasteiger partial charge in [-0.15, -0.1) is 0 Å². The number of ether oxygens (including phenoxy) is 3. The highest BCUT2D eigenvalue weighted by Crippen LogP contribution is 2.43. The summed E-state index contributed by atoms with van der Waals surface area (Å²) in [5.74, 6) is -0.429. The standard InChI is InChI=1S/C48H55ClN8O8S/c1-48(2)15-12-35(44(27-48)33-6-8-36(49)9-7-33)29-53-17-19-54(20-18-53)37-10-11-43(45(26-37)65-41-24-34-13-16-50-46(34)51-28-41)47(58)52-66(61,62)42-5-3-4-38(25-42)56(57(59)60)30-40-32-64-23-21-55(40)39-14-22-63-31-39/h3-11,13,16,24-26,28,39-40H,12,14-15,17-23,27,29-32H2,1-2H3,(H,50,51)(H,52,58). The summed E-state index contributed by atoms with van der Waals surface area (Å²) in [4.78, 5) is 40.7. The van der Waals surface area contributed by atoms with Crippen LogP contribution in [-0.2, 0) is 19.5 Å². The third kappa shape index (κ3) is 10.4. The molecule has 3 saturated heterocycles. The maximum absolute atomic E-state index is 14.1. The van der Waals surface area contributed by atoms with Crippen LogP contribution in [0.1, 0.15) is 55.5 Å². The number of pyridine rings is 1. The Bertz CT molecular complexity index is 2720. The number of nitrogens with zero attached hydrogens (tertiary/aromatic N) is 6. The van der Waals surface area contributed by atoms with Gasteiger partial charge in [-0.05, 0) is 96.8 Å². The van der Waals surface area contributed by atoms with Gasteiger partial charge in [0.2, 0.25) is 0 Å². The van der Waals surface area contributed by atoms with E-state index in [0.717, 1.165) is 79.5 Å². The van der Waals surface area contributed by atoms with E-state index < -0.39 is 21.0 Å². The van der Waals surface area contributed by atoms with Crippen molar-refractivity contribution in [3.05, 3.63) is 123 Å².